The van der Waals surface area contributed by atoms with Crippen LogP contribution in [0.2, 0.25) is 0 Å². The van der Waals surface area contributed by atoms with Gasteiger partial charge in [-0.3, -0.25) is 19.6 Å². The van der Waals surface area contributed by atoms with E-state index in [0.717, 1.165) is 22.3 Å². The zero-order valence-corrected chi connectivity index (χ0v) is 26.2. The number of piperazine rings is 1. The van der Waals surface area contributed by atoms with E-state index < -0.39 is 12.2 Å². The minimum atomic E-state index is -0.750. The van der Waals surface area contributed by atoms with Crippen molar-refractivity contribution in [1.82, 2.24) is 25.1 Å². The fourth-order valence-electron chi connectivity index (χ4n) is 6.29. The number of hydrazine groups is 2. The second-order valence-electron chi connectivity index (χ2n) is 11.5. The van der Waals surface area contributed by atoms with Gasteiger partial charge in [-0.05, 0) is 28.7 Å². The van der Waals surface area contributed by atoms with Crippen LogP contribution in [0.25, 0.3) is 6.08 Å². The molecular weight excluding hydrogens is 578 g/mol. The maximum absolute atomic E-state index is 14.3. The van der Waals surface area contributed by atoms with E-state index in [1.165, 1.54) is 5.01 Å². The maximum Gasteiger partial charge on any atom is 0.332 e. The highest BCUT2D eigenvalue weighted by atomic mass is 16.2. The van der Waals surface area contributed by atoms with Crippen molar-refractivity contribution in [2.45, 2.75) is 45.1 Å². The van der Waals surface area contributed by atoms with Crippen molar-refractivity contribution < 1.29 is 14.4 Å². The predicted molar refractivity (Wildman–Crippen MR) is 179 cm³/mol. The van der Waals surface area contributed by atoms with Crippen molar-refractivity contribution in [3.63, 3.8) is 0 Å². The zero-order chi connectivity index (χ0) is 32.6. The first-order valence-electron chi connectivity index (χ1n) is 15.6. The van der Waals surface area contributed by atoms with Gasteiger partial charge in [-0.25, -0.2) is 10.6 Å². The molecule has 2 fully saturated rings. The predicted octanol–water partition coefficient (Wildman–Crippen LogP) is 3.60. The van der Waals surface area contributed by atoms with E-state index in [9.17, 15) is 14.4 Å². The smallest absolute Gasteiger partial charge is 0.332 e. The number of benzene rings is 3. The molecule has 0 aromatic heterocycles. The molecule has 0 bridgehead atoms. The molecule has 46 heavy (non-hydrogen) atoms. The van der Waals surface area contributed by atoms with Crippen LogP contribution in [0, 0.1) is 12.3 Å². The van der Waals surface area contributed by atoms with E-state index in [0.29, 0.717) is 31.6 Å². The van der Waals surface area contributed by atoms with Gasteiger partial charge in [0.25, 0.3) is 0 Å². The molecule has 3 aromatic carbocycles. The molecule has 2 atom stereocenters. The highest BCUT2D eigenvalue weighted by Gasteiger charge is 2.52. The molecule has 10 heteroatoms. The van der Waals surface area contributed by atoms with Gasteiger partial charge in [0.15, 0.2) is 0 Å². The Morgan fingerprint density at radius 3 is 2.41 bits per heavy atom. The summed E-state index contributed by atoms with van der Waals surface area (Å²) < 4.78 is 0. The molecule has 0 unspecified atom stereocenters. The lowest BCUT2D eigenvalue weighted by Gasteiger charge is -2.46. The van der Waals surface area contributed by atoms with Crippen molar-refractivity contribution in [2.24, 2.45) is 5.84 Å². The van der Waals surface area contributed by atoms with Crippen LogP contribution in [0.3, 0.4) is 0 Å². The molecule has 3 N–H and O–H groups in total. The van der Waals surface area contributed by atoms with E-state index in [2.05, 4.69) is 17.8 Å². The SMILES string of the molecule is C#CCN(N)c1c(C=C)cccc1CN1C[C@H]2N(C(=O)CN2N(CCC)C(=O)NCc2ccccc2)[C@@H](Cc2ccccc2)C1=O. The van der Waals surface area contributed by atoms with Crippen molar-refractivity contribution in [1.29, 1.82) is 0 Å². The number of nitrogens with zero attached hydrogens (tertiary/aromatic N) is 5. The quantitative estimate of drug-likeness (QED) is 0.182. The summed E-state index contributed by atoms with van der Waals surface area (Å²) in [5, 5.41) is 7.94. The Morgan fingerprint density at radius 2 is 1.76 bits per heavy atom. The maximum atomic E-state index is 14.3. The lowest BCUT2D eigenvalue weighted by atomic mass is 9.99. The highest BCUT2D eigenvalue weighted by Crippen LogP contribution is 2.32. The molecule has 2 heterocycles. The first-order chi connectivity index (χ1) is 22.4. The number of terminal acetylenes is 1. The van der Waals surface area contributed by atoms with Crippen LogP contribution in [0.4, 0.5) is 10.5 Å². The van der Waals surface area contributed by atoms with Gasteiger partial charge in [0, 0.05) is 26.1 Å². The number of rotatable bonds is 12. The Labute approximate surface area is 271 Å². The second kappa shape index (κ2) is 14.8. The number of hydrogen-bond acceptors (Lipinski definition) is 6. The van der Waals surface area contributed by atoms with Gasteiger partial charge in [-0.15, -0.1) is 6.42 Å². The van der Waals surface area contributed by atoms with Gasteiger partial charge in [-0.1, -0.05) is 104 Å². The molecular formula is C36H41N7O3. The molecule has 0 saturated carbocycles. The number of hydrogen-bond donors (Lipinski definition) is 2. The van der Waals surface area contributed by atoms with E-state index in [1.54, 1.807) is 20.9 Å². The van der Waals surface area contributed by atoms with E-state index >= 15 is 0 Å². The number of nitrogens with one attached hydrogen (secondary N) is 1. The summed E-state index contributed by atoms with van der Waals surface area (Å²) in [6, 6.07) is 24.0. The van der Waals surface area contributed by atoms with Gasteiger partial charge in [0.2, 0.25) is 11.8 Å². The standard InChI is InChI=1S/C36H41N7O3/c1-4-20-40(37)34-29(6-3)18-13-19-30(34)24-39-25-32-42(41(21-5-2)36(46)38-23-28-16-11-8-12-17-28)26-33(44)43(32)31(35(39)45)22-27-14-9-7-10-15-27/h1,6-19,31-32H,3,5,20-26,37H2,2H3,(H,38,46)/t31-,32+/m0/s1. The normalized spacial score (nSPS) is 17.8. The number of carbonyl (C=O) groups excluding carboxylic acids is 3. The molecule has 3 aromatic rings. The zero-order valence-electron chi connectivity index (χ0n) is 26.2. The van der Waals surface area contributed by atoms with Gasteiger partial charge < -0.3 is 15.1 Å². The third-order valence-electron chi connectivity index (χ3n) is 8.39. The van der Waals surface area contributed by atoms with E-state index in [1.807, 2.05) is 90.8 Å². The number of fused-ring (bicyclic) bond motifs is 1. The Hall–Kier alpha value is -5.11. The molecule has 0 spiro atoms. The minimum Gasteiger partial charge on any atom is -0.333 e. The second-order valence-corrected chi connectivity index (χ2v) is 11.5. The van der Waals surface area contributed by atoms with Crippen LogP contribution >= 0.6 is 0 Å². The van der Waals surface area contributed by atoms with E-state index in [4.69, 9.17) is 12.3 Å². The van der Waals surface area contributed by atoms with Gasteiger partial charge >= 0.3 is 6.03 Å². The van der Waals surface area contributed by atoms with E-state index in [-0.39, 0.29) is 44.0 Å². The van der Waals surface area contributed by atoms with Crippen LogP contribution in [-0.4, -0.2) is 76.0 Å². The number of nitrogens with two attached hydrogens (primary N) is 1. The Kier molecular flexibility index (Phi) is 10.4. The van der Waals surface area contributed by atoms with Gasteiger partial charge in [0.1, 0.15) is 12.2 Å². The number of carbonyl (C=O) groups is 3. The molecule has 2 saturated heterocycles. The third kappa shape index (κ3) is 6.91. The van der Waals surface area contributed by atoms with Crippen molar-refractivity contribution in [3.8, 4) is 12.3 Å². The fraction of sp³-hybridized carbons (Fsp3) is 0.306. The number of urea groups is 1. The molecule has 2 aliphatic heterocycles. The molecule has 4 amide bonds. The largest absolute Gasteiger partial charge is 0.333 e. The van der Waals surface area contributed by atoms with Gasteiger partial charge in [0.05, 0.1) is 25.3 Å². The van der Waals surface area contributed by atoms with Crippen LogP contribution in [0.15, 0.2) is 85.4 Å². The number of anilines is 1. The van der Waals surface area contributed by atoms with Crippen LogP contribution < -0.4 is 16.2 Å². The summed E-state index contributed by atoms with van der Waals surface area (Å²) >= 11 is 0. The van der Waals surface area contributed by atoms with Crippen molar-refractivity contribution >= 4 is 29.6 Å². The molecule has 5 rings (SSSR count). The van der Waals surface area contributed by atoms with Crippen LogP contribution in [0.5, 0.6) is 0 Å². The Morgan fingerprint density at radius 1 is 1.07 bits per heavy atom. The average molecular weight is 620 g/mol. The van der Waals surface area contributed by atoms with Crippen LogP contribution in [-0.2, 0) is 29.1 Å². The Balaban J connectivity index is 1.48. The highest BCUT2D eigenvalue weighted by molar-refractivity contribution is 5.92. The topological polar surface area (TPSA) is 105 Å². The first-order valence-corrected chi connectivity index (χ1v) is 15.6. The Bertz CT molecular complexity index is 1590. The van der Waals surface area contributed by atoms with Gasteiger partial charge in [-0.2, -0.15) is 5.01 Å². The lowest BCUT2D eigenvalue weighted by Crippen LogP contribution is -2.66. The van der Waals surface area contributed by atoms with Crippen LogP contribution in [0.1, 0.15) is 35.6 Å². The summed E-state index contributed by atoms with van der Waals surface area (Å²) in [7, 11) is 0. The third-order valence-corrected chi connectivity index (χ3v) is 8.39. The number of amides is 4. The average Bonchev–Trinajstić information content (AvgIpc) is 3.40. The van der Waals surface area contributed by atoms with Crippen molar-refractivity contribution in [2.75, 3.05) is 31.2 Å². The summed E-state index contributed by atoms with van der Waals surface area (Å²) in [4.78, 5) is 45.1. The molecule has 0 aliphatic carbocycles. The van der Waals surface area contributed by atoms with Crippen molar-refractivity contribution in [3.05, 3.63) is 108 Å². The molecule has 2 aliphatic rings. The number of para-hydroxylation sites is 1. The summed E-state index contributed by atoms with van der Waals surface area (Å²) in [5.41, 5.74) is 4.20. The molecule has 238 valence electrons. The summed E-state index contributed by atoms with van der Waals surface area (Å²) in [6.07, 6.45) is 7.78. The summed E-state index contributed by atoms with van der Waals surface area (Å²) in [6.45, 7) is 7.30. The minimum absolute atomic E-state index is 0.00815. The molecule has 10 nitrogen and oxygen atoms in total. The monoisotopic (exact) mass is 619 g/mol. The first kappa shape index (κ1) is 32.3. The lowest BCUT2D eigenvalue weighted by molar-refractivity contribution is -0.157. The fourth-order valence-corrected chi connectivity index (χ4v) is 6.29. The molecule has 0 radical (unpaired) electrons. The summed E-state index contributed by atoms with van der Waals surface area (Å²) in [5.74, 6) is 8.61.